The third-order valence-electron chi connectivity index (χ3n) is 7.21. The third-order valence-corrected chi connectivity index (χ3v) is 7.69. The minimum absolute atomic E-state index is 0.167. The van der Waals surface area contributed by atoms with Crippen molar-refractivity contribution in [1.82, 2.24) is 0 Å². The van der Waals surface area contributed by atoms with Gasteiger partial charge in [0.1, 0.15) is 6.61 Å². The van der Waals surface area contributed by atoms with Gasteiger partial charge in [0, 0.05) is 12.8 Å². The van der Waals surface area contributed by atoms with Gasteiger partial charge in [0.05, 0.1) is 6.61 Å². The molecule has 0 aliphatic rings. The van der Waals surface area contributed by atoms with Gasteiger partial charge >= 0.3 is 19.8 Å². The van der Waals surface area contributed by atoms with Crippen LogP contribution in [0.2, 0.25) is 0 Å². The molecule has 1 atom stereocenters. The maximum Gasteiger partial charge on any atom is 0.469 e. The number of ether oxygens (including phenoxy) is 2. The first kappa shape index (κ1) is 45.5. The highest BCUT2D eigenvalue weighted by Crippen LogP contribution is 2.35. The highest BCUT2D eigenvalue weighted by atomic mass is 31.2. The Balaban J connectivity index is 4.08. The molecule has 0 heterocycles. The Kier molecular flexibility index (Phi) is 32.6. The molecular formula is C39H65O8P. The van der Waals surface area contributed by atoms with E-state index in [9.17, 15) is 14.2 Å². The van der Waals surface area contributed by atoms with Crippen LogP contribution >= 0.6 is 7.82 Å². The van der Waals surface area contributed by atoms with Gasteiger partial charge in [0.25, 0.3) is 0 Å². The SMILES string of the molecule is CC/C=C\C/C=C\C/C=C\C/C=C\C/C=C\CCCCCC(=O)OC(COC(=O)CCCCCCC/C=C\CCCC)COP(=O)(O)O. The van der Waals surface area contributed by atoms with Crippen LogP contribution in [0.5, 0.6) is 0 Å². The van der Waals surface area contributed by atoms with Crippen molar-refractivity contribution in [1.29, 1.82) is 0 Å². The number of hydrogen-bond donors (Lipinski definition) is 2. The number of phosphoric ester groups is 1. The molecule has 0 bridgehead atoms. The molecule has 0 saturated carbocycles. The van der Waals surface area contributed by atoms with E-state index in [0.29, 0.717) is 12.8 Å². The van der Waals surface area contributed by atoms with Crippen molar-refractivity contribution in [2.24, 2.45) is 0 Å². The summed E-state index contributed by atoms with van der Waals surface area (Å²) < 4.78 is 26.2. The number of unbranched alkanes of at least 4 members (excludes halogenated alkanes) is 10. The predicted molar refractivity (Wildman–Crippen MR) is 197 cm³/mol. The summed E-state index contributed by atoms with van der Waals surface area (Å²) in [6, 6.07) is 0. The fraction of sp³-hybridized carbons (Fsp3) is 0.641. The molecule has 2 N–H and O–H groups in total. The molecule has 0 aliphatic carbocycles. The van der Waals surface area contributed by atoms with E-state index in [1.54, 1.807) is 0 Å². The van der Waals surface area contributed by atoms with Gasteiger partial charge in [-0.15, -0.1) is 0 Å². The number of hydrogen-bond acceptors (Lipinski definition) is 6. The normalized spacial score (nSPS) is 13.3. The van der Waals surface area contributed by atoms with E-state index < -0.39 is 32.5 Å². The molecule has 0 spiro atoms. The van der Waals surface area contributed by atoms with Crippen molar-refractivity contribution in [3.63, 3.8) is 0 Å². The van der Waals surface area contributed by atoms with Crippen LogP contribution in [-0.2, 0) is 28.2 Å². The maximum atomic E-state index is 12.3. The molecular weight excluding hydrogens is 627 g/mol. The van der Waals surface area contributed by atoms with E-state index in [1.165, 1.54) is 12.8 Å². The zero-order chi connectivity index (χ0) is 35.4. The molecule has 274 valence electrons. The summed E-state index contributed by atoms with van der Waals surface area (Å²) in [5, 5.41) is 0. The van der Waals surface area contributed by atoms with Crippen LogP contribution in [0.1, 0.15) is 142 Å². The van der Waals surface area contributed by atoms with Gasteiger partial charge in [-0.1, -0.05) is 125 Å². The topological polar surface area (TPSA) is 119 Å². The van der Waals surface area contributed by atoms with Crippen molar-refractivity contribution >= 4 is 19.8 Å². The van der Waals surface area contributed by atoms with Gasteiger partial charge in [0.15, 0.2) is 6.10 Å². The number of allylic oxidation sites excluding steroid dienone is 12. The molecule has 0 aromatic rings. The first-order valence-corrected chi connectivity index (χ1v) is 19.8. The first-order chi connectivity index (χ1) is 23.3. The van der Waals surface area contributed by atoms with Crippen molar-refractivity contribution in [2.75, 3.05) is 13.2 Å². The highest BCUT2D eigenvalue weighted by molar-refractivity contribution is 7.46. The van der Waals surface area contributed by atoms with Crippen molar-refractivity contribution < 1.29 is 37.9 Å². The van der Waals surface area contributed by atoms with E-state index >= 15 is 0 Å². The number of esters is 2. The van der Waals surface area contributed by atoms with Crippen LogP contribution in [0.4, 0.5) is 0 Å². The molecule has 1 unspecified atom stereocenters. The number of carbonyl (C=O) groups is 2. The van der Waals surface area contributed by atoms with Crippen molar-refractivity contribution in [2.45, 2.75) is 148 Å². The highest BCUT2D eigenvalue weighted by Gasteiger charge is 2.22. The maximum absolute atomic E-state index is 12.3. The number of phosphoric acid groups is 1. The Morgan fingerprint density at radius 2 is 1.00 bits per heavy atom. The van der Waals surface area contributed by atoms with E-state index in [-0.39, 0.29) is 19.4 Å². The molecule has 0 amide bonds. The minimum Gasteiger partial charge on any atom is -0.462 e. The second-order valence-corrected chi connectivity index (χ2v) is 13.0. The lowest BCUT2D eigenvalue weighted by Crippen LogP contribution is -2.29. The standard InChI is InChI=1S/C39H65O8P/c1-3-5-7-9-11-13-15-16-17-18-19-20-21-22-24-26-28-30-32-34-39(41)47-37(36-46-48(42,43)44)35-45-38(40)33-31-29-27-25-23-14-12-10-8-6-4-2/h5,7,10-13,16-17,19-20,22,24,37H,3-4,6,8-9,14-15,18,21,23,25-36H2,1-2H3,(H2,42,43,44)/b7-5-,12-10-,13-11-,17-16-,20-19-,24-22-. The number of rotatable bonds is 32. The lowest BCUT2D eigenvalue weighted by molar-refractivity contribution is -0.161. The fourth-order valence-electron chi connectivity index (χ4n) is 4.50. The summed E-state index contributed by atoms with van der Waals surface area (Å²) in [5.74, 6) is -0.943. The van der Waals surface area contributed by atoms with Crippen LogP contribution in [0, 0.1) is 0 Å². The molecule has 0 fully saturated rings. The van der Waals surface area contributed by atoms with Crippen LogP contribution < -0.4 is 0 Å². The van der Waals surface area contributed by atoms with Gasteiger partial charge in [-0.2, -0.15) is 0 Å². The molecule has 0 rings (SSSR count). The van der Waals surface area contributed by atoms with Gasteiger partial charge < -0.3 is 19.3 Å². The summed E-state index contributed by atoms with van der Waals surface area (Å²) in [5.41, 5.74) is 0. The van der Waals surface area contributed by atoms with E-state index in [0.717, 1.165) is 89.9 Å². The summed E-state index contributed by atoms with van der Waals surface area (Å²) >= 11 is 0. The average Bonchev–Trinajstić information content (AvgIpc) is 3.05. The fourth-order valence-corrected chi connectivity index (χ4v) is 4.86. The van der Waals surface area contributed by atoms with Crippen LogP contribution in [0.15, 0.2) is 72.9 Å². The van der Waals surface area contributed by atoms with Crippen molar-refractivity contribution in [3.05, 3.63) is 72.9 Å². The monoisotopic (exact) mass is 692 g/mol. The van der Waals surface area contributed by atoms with Gasteiger partial charge in [-0.25, -0.2) is 4.57 Å². The van der Waals surface area contributed by atoms with E-state index in [2.05, 4.69) is 91.3 Å². The van der Waals surface area contributed by atoms with Crippen LogP contribution in [0.25, 0.3) is 0 Å². The lowest BCUT2D eigenvalue weighted by atomic mass is 10.1. The van der Waals surface area contributed by atoms with Crippen molar-refractivity contribution in [3.8, 4) is 0 Å². The molecule has 0 aromatic heterocycles. The van der Waals surface area contributed by atoms with Crippen LogP contribution in [-0.4, -0.2) is 41.0 Å². The second-order valence-electron chi connectivity index (χ2n) is 11.8. The molecule has 0 saturated heterocycles. The summed E-state index contributed by atoms with van der Waals surface area (Å²) in [4.78, 5) is 42.6. The van der Waals surface area contributed by atoms with Gasteiger partial charge in [-0.3, -0.25) is 14.1 Å². The van der Waals surface area contributed by atoms with E-state index in [1.807, 2.05) is 0 Å². The smallest absolute Gasteiger partial charge is 0.462 e. The quantitative estimate of drug-likeness (QED) is 0.0309. The third kappa shape index (κ3) is 36.3. The van der Waals surface area contributed by atoms with Crippen LogP contribution in [0.3, 0.4) is 0 Å². The largest absolute Gasteiger partial charge is 0.469 e. The Hall–Kier alpha value is -2.51. The molecule has 8 nitrogen and oxygen atoms in total. The lowest BCUT2D eigenvalue weighted by Gasteiger charge is -2.18. The second kappa shape index (κ2) is 34.4. The summed E-state index contributed by atoms with van der Waals surface area (Å²) in [7, 11) is -4.76. The Bertz CT molecular complexity index is 1010. The van der Waals surface area contributed by atoms with E-state index in [4.69, 9.17) is 19.3 Å². The molecule has 0 radical (unpaired) electrons. The average molecular weight is 693 g/mol. The zero-order valence-corrected chi connectivity index (χ0v) is 30.7. The zero-order valence-electron chi connectivity index (χ0n) is 29.9. The minimum atomic E-state index is -4.76. The van der Waals surface area contributed by atoms with Gasteiger partial charge in [0.2, 0.25) is 0 Å². The molecule has 9 heteroatoms. The Morgan fingerprint density at radius 1 is 0.562 bits per heavy atom. The predicted octanol–water partition coefficient (Wildman–Crippen LogP) is 10.7. The molecule has 0 aliphatic heterocycles. The number of carbonyl (C=O) groups excluding carboxylic acids is 2. The Labute approximate surface area is 291 Å². The first-order valence-electron chi connectivity index (χ1n) is 18.2. The molecule has 0 aromatic carbocycles. The molecule has 48 heavy (non-hydrogen) atoms. The summed E-state index contributed by atoms with van der Waals surface area (Å²) in [6.45, 7) is 3.47. The van der Waals surface area contributed by atoms with Gasteiger partial charge in [-0.05, 0) is 77.0 Å². The Morgan fingerprint density at radius 3 is 1.54 bits per heavy atom. The summed E-state index contributed by atoms with van der Waals surface area (Å²) in [6.07, 6.45) is 43.4.